The smallest absolute Gasteiger partial charge is 0.245 e. The number of nitrogens with two attached hydrogens (primary N) is 1. The molecule has 1 aromatic carbocycles. The molecule has 9 nitrogen and oxygen atoms in total. The van der Waals surface area contributed by atoms with Gasteiger partial charge in [0.1, 0.15) is 18.1 Å². The summed E-state index contributed by atoms with van der Waals surface area (Å²) in [5, 5.41) is 5.94. The molecule has 0 fully saturated rings. The summed E-state index contributed by atoms with van der Waals surface area (Å²) in [6, 6.07) is 6.91. The van der Waals surface area contributed by atoms with E-state index in [2.05, 4.69) is 10.6 Å². The van der Waals surface area contributed by atoms with Gasteiger partial charge in [-0.15, -0.1) is 0 Å². The number of hydrogen-bond acceptors (Lipinski definition) is 5. The minimum Gasteiger partial charge on any atom is -0.354 e. The molecule has 1 rings (SSSR count). The first-order chi connectivity index (χ1) is 20.0. The van der Waals surface area contributed by atoms with Crippen molar-refractivity contribution in [1.82, 2.24) is 20.4 Å². The summed E-state index contributed by atoms with van der Waals surface area (Å²) in [4.78, 5) is 57.2. The number of carbonyl (C=O) groups excluding carboxylic acids is 4. The van der Waals surface area contributed by atoms with Crippen molar-refractivity contribution in [1.29, 1.82) is 0 Å². The molecule has 43 heavy (non-hydrogen) atoms. The third kappa shape index (κ3) is 13.5. The van der Waals surface area contributed by atoms with E-state index in [1.54, 1.807) is 14.1 Å². The lowest BCUT2D eigenvalue weighted by Crippen LogP contribution is -2.59. The zero-order valence-electron chi connectivity index (χ0n) is 28.4. The SMILES string of the molecule is CC(C)C[C@H](NC(=O)[C@H](CC(C)C)N(C)C(=O)[C@H](CC(C)C)N(C)C(=O)[C@@H](N)CC(C)C)C(=O)NCCc1ccccc1. The highest BCUT2D eigenvalue weighted by Gasteiger charge is 2.37. The number of likely N-dealkylation sites (N-methyl/N-ethyl adjacent to an activating group) is 2. The van der Waals surface area contributed by atoms with Gasteiger partial charge in [0.15, 0.2) is 0 Å². The van der Waals surface area contributed by atoms with Crippen LogP contribution in [-0.2, 0) is 25.6 Å². The lowest BCUT2D eigenvalue weighted by molar-refractivity contribution is -0.149. The average Bonchev–Trinajstić information content (AvgIpc) is 2.92. The van der Waals surface area contributed by atoms with Crippen LogP contribution in [0.15, 0.2) is 30.3 Å². The topological polar surface area (TPSA) is 125 Å². The monoisotopic (exact) mass is 601 g/mol. The molecule has 0 heterocycles. The van der Waals surface area contributed by atoms with Crippen molar-refractivity contribution in [3.63, 3.8) is 0 Å². The van der Waals surface area contributed by atoms with Crippen LogP contribution in [-0.4, -0.2) is 78.2 Å². The van der Waals surface area contributed by atoms with E-state index in [1.165, 1.54) is 9.80 Å². The fraction of sp³-hybridized carbons (Fsp3) is 0.706. The maximum Gasteiger partial charge on any atom is 0.245 e. The Hall–Kier alpha value is -2.94. The lowest BCUT2D eigenvalue weighted by atomic mass is 9.96. The second-order valence-electron chi connectivity index (χ2n) is 13.6. The summed E-state index contributed by atoms with van der Waals surface area (Å²) in [6.07, 6.45) is 2.53. The van der Waals surface area contributed by atoms with Crippen LogP contribution in [0.5, 0.6) is 0 Å². The molecule has 0 spiro atoms. The summed E-state index contributed by atoms with van der Waals surface area (Å²) in [7, 11) is 3.24. The van der Waals surface area contributed by atoms with Crippen molar-refractivity contribution in [2.45, 2.75) is 112 Å². The van der Waals surface area contributed by atoms with Crippen molar-refractivity contribution in [3.8, 4) is 0 Å². The maximum atomic E-state index is 14.0. The van der Waals surface area contributed by atoms with Crippen molar-refractivity contribution < 1.29 is 19.2 Å². The summed E-state index contributed by atoms with van der Waals surface area (Å²) >= 11 is 0. The van der Waals surface area contributed by atoms with Crippen LogP contribution in [0.25, 0.3) is 0 Å². The Labute approximate surface area is 260 Å². The number of carbonyl (C=O) groups is 4. The highest BCUT2D eigenvalue weighted by atomic mass is 16.2. The maximum absolute atomic E-state index is 14.0. The van der Waals surface area contributed by atoms with Gasteiger partial charge >= 0.3 is 0 Å². The lowest BCUT2D eigenvalue weighted by Gasteiger charge is -2.37. The van der Waals surface area contributed by atoms with E-state index in [-0.39, 0.29) is 47.3 Å². The van der Waals surface area contributed by atoms with Crippen LogP contribution in [0, 0.1) is 23.7 Å². The van der Waals surface area contributed by atoms with Gasteiger partial charge in [0, 0.05) is 20.6 Å². The van der Waals surface area contributed by atoms with Gasteiger partial charge in [-0.2, -0.15) is 0 Å². The van der Waals surface area contributed by atoms with E-state index < -0.39 is 24.2 Å². The Morgan fingerprint density at radius 2 is 1.16 bits per heavy atom. The molecule has 0 aromatic heterocycles. The van der Waals surface area contributed by atoms with Gasteiger partial charge in [0.05, 0.1) is 6.04 Å². The molecule has 4 atom stereocenters. The van der Waals surface area contributed by atoms with Gasteiger partial charge in [-0.1, -0.05) is 85.7 Å². The highest BCUT2D eigenvalue weighted by Crippen LogP contribution is 2.20. The second kappa shape index (κ2) is 18.7. The largest absolute Gasteiger partial charge is 0.354 e. The molecule has 0 aliphatic carbocycles. The number of hydrogen-bond donors (Lipinski definition) is 3. The van der Waals surface area contributed by atoms with Crippen LogP contribution in [0.1, 0.15) is 86.6 Å². The highest BCUT2D eigenvalue weighted by molar-refractivity contribution is 5.94. The van der Waals surface area contributed by atoms with Crippen molar-refractivity contribution in [2.75, 3.05) is 20.6 Å². The Morgan fingerprint density at radius 3 is 1.67 bits per heavy atom. The summed E-state index contributed by atoms with van der Waals surface area (Å²) in [6.45, 7) is 16.5. The third-order valence-electron chi connectivity index (χ3n) is 7.55. The molecular formula is C34H59N5O4. The molecule has 0 radical (unpaired) electrons. The van der Waals surface area contributed by atoms with E-state index in [1.807, 2.05) is 85.7 Å². The molecule has 0 aliphatic heterocycles. The van der Waals surface area contributed by atoms with Crippen LogP contribution in [0.3, 0.4) is 0 Å². The Bertz CT molecular complexity index is 1010. The molecule has 9 heteroatoms. The molecular weight excluding hydrogens is 542 g/mol. The van der Waals surface area contributed by atoms with Gasteiger partial charge in [-0.3, -0.25) is 19.2 Å². The van der Waals surface area contributed by atoms with Crippen LogP contribution >= 0.6 is 0 Å². The molecule has 4 N–H and O–H groups in total. The molecule has 1 aromatic rings. The standard InChI is InChI=1S/C34H59N5O4/c1-22(2)18-27(35)33(42)39(10)30(21-25(7)8)34(43)38(9)29(20-24(5)6)32(41)37-28(19-23(3)4)31(40)36-17-16-26-14-12-11-13-15-26/h11-15,22-25,27-30H,16-21,35H2,1-10H3,(H,36,40)(H,37,41)/t27-,28-,29-,30-/m0/s1. The molecule has 4 amide bonds. The Morgan fingerprint density at radius 1 is 0.674 bits per heavy atom. The van der Waals surface area contributed by atoms with Gasteiger partial charge in [0.2, 0.25) is 23.6 Å². The number of nitrogens with zero attached hydrogens (tertiary/aromatic N) is 2. The Kier molecular flexibility index (Phi) is 16.5. The molecule has 0 saturated heterocycles. The first-order valence-corrected chi connectivity index (χ1v) is 16.0. The zero-order chi connectivity index (χ0) is 32.9. The minimum atomic E-state index is -0.804. The predicted octanol–water partition coefficient (Wildman–Crippen LogP) is 4.00. The number of rotatable bonds is 18. The third-order valence-corrected chi connectivity index (χ3v) is 7.55. The normalized spacial score (nSPS) is 14.4. The van der Waals surface area contributed by atoms with Gasteiger partial charge in [0.25, 0.3) is 0 Å². The van der Waals surface area contributed by atoms with Crippen molar-refractivity contribution >= 4 is 23.6 Å². The minimum absolute atomic E-state index is 0.108. The molecule has 0 unspecified atom stereocenters. The number of benzene rings is 1. The molecule has 0 saturated carbocycles. The van der Waals surface area contributed by atoms with E-state index in [9.17, 15) is 19.2 Å². The fourth-order valence-electron chi connectivity index (χ4n) is 5.24. The van der Waals surface area contributed by atoms with E-state index in [4.69, 9.17) is 5.73 Å². The fourth-order valence-corrected chi connectivity index (χ4v) is 5.24. The van der Waals surface area contributed by atoms with Crippen LogP contribution in [0.2, 0.25) is 0 Å². The zero-order valence-corrected chi connectivity index (χ0v) is 28.4. The summed E-state index contributed by atoms with van der Waals surface area (Å²) in [5.41, 5.74) is 7.33. The van der Waals surface area contributed by atoms with Gasteiger partial charge in [-0.05, 0) is 61.3 Å². The average molecular weight is 602 g/mol. The second-order valence-corrected chi connectivity index (χ2v) is 13.6. The summed E-state index contributed by atoms with van der Waals surface area (Å²) in [5.74, 6) is -0.562. The van der Waals surface area contributed by atoms with E-state index >= 15 is 0 Å². The van der Waals surface area contributed by atoms with Crippen molar-refractivity contribution in [3.05, 3.63) is 35.9 Å². The molecule has 0 aliphatic rings. The van der Waals surface area contributed by atoms with E-state index in [0.29, 0.717) is 38.6 Å². The van der Waals surface area contributed by atoms with Crippen LogP contribution in [0.4, 0.5) is 0 Å². The summed E-state index contributed by atoms with van der Waals surface area (Å²) < 4.78 is 0. The number of amides is 4. The first kappa shape index (κ1) is 38.1. The first-order valence-electron chi connectivity index (χ1n) is 16.0. The van der Waals surface area contributed by atoms with E-state index in [0.717, 1.165) is 5.56 Å². The molecule has 244 valence electrons. The van der Waals surface area contributed by atoms with Gasteiger partial charge in [-0.25, -0.2) is 0 Å². The van der Waals surface area contributed by atoms with Gasteiger partial charge < -0.3 is 26.2 Å². The predicted molar refractivity (Wildman–Crippen MR) is 174 cm³/mol. The molecule has 0 bridgehead atoms. The van der Waals surface area contributed by atoms with Crippen LogP contribution < -0.4 is 16.4 Å². The quantitative estimate of drug-likeness (QED) is 0.235. The number of nitrogens with one attached hydrogen (secondary N) is 2. The van der Waals surface area contributed by atoms with Crippen molar-refractivity contribution in [2.24, 2.45) is 29.4 Å². The Balaban J connectivity index is 3.15.